The molecule has 2 aromatic rings. The maximum atomic E-state index is 4.70. The van der Waals surface area contributed by atoms with Gasteiger partial charge in [0.25, 0.3) is 0 Å². The monoisotopic (exact) mass is 230 g/mol. The first-order valence-electron chi connectivity index (χ1n) is 6.02. The van der Waals surface area contributed by atoms with Crippen molar-refractivity contribution in [3.8, 4) is 5.69 Å². The Bertz CT molecular complexity index is 515. The lowest BCUT2D eigenvalue weighted by atomic mass is 10.1. The zero-order valence-corrected chi connectivity index (χ0v) is 11.2. The molecule has 2 rings (SSSR count). The number of aromatic nitrogens is 3. The summed E-state index contributed by atoms with van der Waals surface area (Å²) in [6, 6.07) is 4.22. The van der Waals surface area contributed by atoms with E-state index in [1.165, 1.54) is 16.9 Å². The highest BCUT2D eigenvalue weighted by Gasteiger charge is 2.14. The first-order valence-corrected chi connectivity index (χ1v) is 6.02. The first-order chi connectivity index (χ1) is 8.00. The molecule has 3 nitrogen and oxygen atoms in total. The molecule has 17 heavy (non-hydrogen) atoms. The lowest BCUT2D eigenvalue weighted by Gasteiger charge is -2.12. The van der Waals surface area contributed by atoms with Crippen LogP contribution in [0.15, 0.2) is 24.5 Å². The van der Waals surface area contributed by atoms with Crippen molar-refractivity contribution >= 4 is 0 Å². The Kier molecular flexibility index (Phi) is 3.01. The Morgan fingerprint density at radius 2 is 2.00 bits per heavy atom. The fraction of sp³-hybridized carbons (Fsp3) is 0.429. The van der Waals surface area contributed by atoms with E-state index in [2.05, 4.69) is 49.3 Å². The van der Waals surface area contributed by atoms with Gasteiger partial charge in [-0.3, -0.25) is 4.98 Å². The molecule has 2 heterocycles. The van der Waals surface area contributed by atoms with E-state index in [0.717, 1.165) is 5.69 Å². The zero-order valence-electron chi connectivity index (χ0n) is 11.2. The third kappa shape index (κ3) is 2.09. The maximum Gasteiger partial charge on any atom is 0.195 e. The third-order valence-corrected chi connectivity index (χ3v) is 3.07. The number of pyridine rings is 1. The topological polar surface area (TPSA) is 21.7 Å². The summed E-state index contributed by atoms with van der Waals surface area (Å²) in [6.07, 6.45) is 4.10. The molecule has 0 unspecified atom stereocenters. The number of hydrogen-bond donors (Lipinski definition) is 0. The van der Waals surface area contributed by atoms with Gasteiger partial charge in [0.1, 0.15) is 5.69 Å². The van der Waals surface area contributed by atoms with Crippen LogP contribution in [0.3, 0.4) is 0 Å². The average molecular weight is 230 g/mol. The fourth-order valence-corrected chi connectivity index (χ4v) is 2.15. The van der Waals surface area contributed by atoms with Crippen LogP contribution < -0.4 is 4.68 Å². The number of aryl methyl sites for hydroxylation is 3. The van der Waals surface area contributed by atoms with Gasteiger partial charge in [-0.05, 0) is 31.4 Å². The van der Waals surface area contributed by atoms with Crippen LogP contribution in [0.5, 0.6) is 0 Å². The van der Waals surface area contributed by atoms with Gasteiger partial charge >= 0.3 is 0 Å². The minimum atomic E-state index is 0.472. The van der Waals surface area contributed by atoms with Crippen LogP contribution in [0.4, 0.5) is 0 Å². The third-order valence-electron chi connectivity index (χ3n) is 3.07. The summed E-state index contributed by atoms with van der Waals surface area (Å²) < 4.78 is 4.19. The van der Waals surface area contributed by atoms with Crippen molar-refractivity contribution in [1.29, 1.82) is 0 Å². The van der Waals surface area contributed by atoms with Gasteiger partial charge in [-0.2, -0.15) is 0 Å². The molecule has 0 saturated carbocycles. The minimum absolute atomic E-state index is 0.472. The molecule has 0 aliphatic rings. The zero-order chi connectivity index (χ0) is 12.6. The Morgan fingerprint density at radius 3 is 2.47 bits per heavy atom. The number of nitrogens with zero attached hydrogens (tertiary/aromatic N) is 3. The molecule has 0 amide bonds. The van der Waals surface area contributed by atoms with E-state index >= 15 is 0 Å². The van der Waals surface area contributed by atoms with Gasteiger partial charge < -0.3 is 0 Å². The Morgan fingerprint density at radius 1 is 1.29 bits per heavy atom. The summed E-state index contributed by atoms with van der Waals surface area (Å²) in [4.78, 5) is 4.70. The van der Waals surface area contributed by atoms with Gasteiger partial charge in [-0.25, -0.2) is 0 Å². The Hall–Kier alpha value is -1.64. The van der Waals surface area contributed by atoms with Gasteiger partial charge in [0.2, 0.25) is 0 Å². The van der Waals surface area contributed by atoms with Crippen LogP contribution in [-0.4, -0.2) is 9.67 Å². The molecule has 90 valence electrons. The number of hydrogen-bond acceptors (Lipinski definition) is 1. The molecule has 0 spiro atoms. The summed E-state index contributed by atoms with van der Waals surface area (Å²) in [5.41, 5.74) is 4.70. The predicted molar refractivity (Wildman–Crippen MR) is 68.3 cm³/mol. The smallest absolute Gasteiger partial charge is 0.195 e. The second-order valence-corrected chi connectivity index (χ2v) is 4.86. The van der Waals surface area contributed by atoms with E-state index in [4.69, 9.17) is 4.98 Å². The normalized spacial score (nSPS) is 11.2. The van der Waals surface area contributed by atoms with Crippen LogP contribution in [0.2, 0.25) is 0 Å². The van der Waals surface area contributed by atoms with Crippen LogP contribution in [0, 0.1) is 13.8 Å². The summed E-state index contributed by atoms with van der Waals surface area (Å²) in [5, 5.41) is 0. The van der Waals surface area contributed by atoms with E-state index in [-0.39, 0.29) is 0 Å². The highest BCUT2D eigenvalue weighted by molar-refractivity contribution is 5.43. The predicted octanol–water partition coefficient (Wildman–Crippen LogP) is 2.44. The van der Waals surface area contributed by atoms with Crippen molar-refractivity contribution in [3.05, 3.63) is 41.5 Å². The molecule has 0 radical (unpaired) electrons. The summed E-state index contributed by atoms with van der Waals surface area (Å²) >= 11 is 0. The molecule has 0 aliphatic carbocycles. The number of rotatable bonds is 2. The van der Waals surface area contributed by atoms with Gasteiger partial charge in [-0.1, -0.05) is 13.8 Å². The molecule has 0 bridgehead atoms. The standard InChI is InChI=1S/C14H20N3/c1-10(2)13-9-11(3)14(12(4)15-13)17-8-6-7-16(17)5/h6-10H,1-5H3/q+1. The van der Waals surface area contributed by atoms with Crippen LogP contribution in [0.1, 0.15) is 36.7 Å². The van der Waals surface area contributed by atoms with E-state index in [0.29, 0.717) is 5.92 Å². The molecule has 0 aliphatic heterocycles. The first kappa shape index (κ1) is 11.8. The van der Waals surface area contributed by atoms with E-state index in [9.17, 15) is 0 Å². The Labute approximate surface area is 103 Å². The molecule has 0 atom stereocenters. The van der Waals surface area contributed by atoms with Crippen molar-refractivity contribution in [3.63, 3.8) is 0 Å². The highest BCUT2D eigenvalue weighted by Crippen LogP contribution is 2.21. The van der Waals surface area contributed by atoms with Crippen molar-refractivity contribution in [2.24, 2.45) is 7.05 Å². The highest BCUT2D eigenvalue weighted by atomic mass is 15.4. The van der Waals surface area contributed by atoms with Crippen LogP contribution in [-0.2, 0) is 7.05 Å². The van der Waals surface area contributed by atoms with Crippen LogP contribution in [0.25, 0.3) is 5.69 Å². The quantitative estimate of drug-likeness (QED) is 0.726. The molecule has 0 N–H and O–H groups in total. The SMILES string of the molecule is Cc1cc(C(C)C)nc(C)c1-n1ccc[n+]1C. The van der Waals surface area contributed by atoms with E-state index in [1.807, 2.05) is 19.3 Å². The van der Waals surface area contributed by atoms with E-state index < -0.39 is 0 Å². The summed E-state index contributed by atoms with van der Waals surface area (Å²) in [5.74, 6) is 0.472. The van der Waals surface area contributed by atoms with Gasteiger partial charge in [0.05, 0.1) is 11.9 Å². The molecular weight excluding hydrogens is 210 g/mol. The maximum absolute atomic E-state index is 4.70. The molecule has 0 saturated heterocycles. The molecule has 0 aromatic carbocycles. The van der Waals surface area contributed by atoms with Gasteiger partial charge in [0.15, 0.2) is 13.2 Å². The minimum Gasteiger partial charge on any atom is -0.255 e. The summed E-state index contributed by atoms with van der Waals surface area (Å²) in [6.45, 7) is 8.58. The van der Waals surface area contributed by atoms with Crippen molar-refractivity contribution in [2.45, 2.75) is 33.6 Å². The lowest BCUT2D eigenvalue weighted by Crippen LogP contribution is -2.37. The largest absolute Gasteiger partial charge is 0.255 e. The van der Waals surface area contributed by atoms with Crippen molar-refractivity contribution in [1.82, 2.24) is 9.67 Å². The van der Waals surface area contributed by atoms with Crippen LogP contribution >= 0.6 is 0 Å². The molecule has 0 fully saturated rings. The Balaban J connectivity index is 2.61. The fourth-order valence-electron chi connectivity index (χ4n) is 2.15. The lowest BCUT2D eigenvalue weighted by molar-refractivity contribution is -0.744. The second-order valence-electron chi connectivity index (χ2n) is 4.86. The van der Waals surface area contributed by atoms with Crippen molar-refractivity contribution in [2.75, 3.05) is 0 Å². The average Bonchev–Trinajstić information content (AvgIpc) is 2.64. The molecule has 3 heteroatoms. The van der Waals surface area contributed by atoms with E-state index in [1.54, 1.807) is 0 Å². The summed E-state index contributed by atoms with van der Waals surface area (Å²) in [7, 11) is 2.04. The van der Waals surface area contributed by atoms with Gasteiger partial charge in [0, 0.05) is 11.8 Å². The van der Waals surface area contributed by atoms with Gasteiger partial charge in [-0.15, -0.1) is 9.36 Å². The molecule has 2 aromatic heterocycles. The van der Waals surface area contributed by atoms with Crippen molar-refractivity contribution < 1.29 is 4.68 Å². The molecular formula is C14H20N3+. The second kappa shape index (κ2) is 4.32.